The molecule has 0 spiro atoms. The van der Waals surface area contributed by atoms with Crippen LogP contribution in [0.4, 0.5) is 0 Å². The first-order chi connectivity index (χ1) is 6.54. The zero-order chi connectivity index (χ0) is 12.6. The number of aliphatic carboxylic acids is 2. The van der Waals surface area contributed by atoms with Gasteiger partial charge in [0.1, 0.15) is 0 Å². The standard InChI is InChI=1S/C5H10O2.C4H8O4/c1-4(2)3-5(6)7;1-4(7,8)2-3(5)6/h4H,3H2,1-2H3,(H,6,7);7-8H,2H2,1H3,(H,5,6). The van der Waals surface area contributed by atoms with Crippen LogP contribution in [0.2, 0.25) is 0 Å². The fourth-order valence-corrected chi connectivity index (χ4v) is 0.636. The Morgan fingerprint density at radius 2 is 1.53 bits per heavy atom. The molecular weight excluding hydrogens is 204 g/mol. The average molecular weight is 222 g/mol. The number of hydrogen-bond donors (Lipinski definition) is 4. The van der Waals surface area contributed by atoms with Crippen LogP contribution in [0.15, 0.2) is 0 Å². The Kier molecular flexibility index (Phi) is 7.81. The van der Waals surface area contributed by atoms with E-state index in [9.17, 15) is 9.59 Å². The maximum absolute atomic E-state index is 9.81. The van der Waals surface area contributed by atoms with Crippen molar-refractivity contribution in [2.45, 2.75) is 39.4 Å². The number of rotatable bonds is 4. The summed E-state index contributed by atoms with van der Waals surface area (Å²) in [7, 11) is 0. The number of carboxylic acids is 2. The van der Waals surface area contributed by atoms with Crippen LogP contribution in [0.1, 0.15) is 33.6 Å². The minimum atomic E-state index is -2.08. The van der Waals surface area contributed by atoms with Crippen LogP contribution in [-0.2, 0) is 9.59 Å². The fraction of sp³-hybridized carbons (Fsp3) is 0.778. The first-order valence-corrected chi connectivity index (χ1v) is 4.43. The van der Waals surface area contributed by atoms with E-state index in [1.54, 1.807) is 0 Å². The molecule has 0 saturated heterocycles. The summed E-state index contributed by atoms with van der Waals surface area (Å²) in [4.78, 5) is 19.5. The molecule has 0 aromatic heterocycles. The van der Waals surface area contributed by atoms with Gasteiger partial charge in [0.25, 0.3) is 0 Å². The Bertz CT molecular complexity index is 203. The van der Waals surface area contributed by atoms with Crippen molar-refractivity contribution in [2.75, 3.05) is 0 Å². The van der Waals surface area contributed by atoms with Crippen LogP contribution >= 0.6 is 0 Å². The predicted molar refractivity (Wildman–Crippen MR) is 52.2 cm³/mol. The molecule has 0 heterocycles. The van der Waals surface area contributed by atoms with E-state index in [1.807, 2.05) is 13.8 Å². The summed E-state index contributed by atoms with van der Waals surface area (Å²) >= 11 is 0. The predicted octanol–water partition coefficient (Wildman–Crippen LogP) is 0.279. The lowest BCUT2D eigenvalue weighted by molar-refractivity contribution is -0.171. The summed E-state index contributed by atoms with van der Waals surface area (Å²) in [6.45, 7) is 4.78. The Hall–Kier alpha value is -1.14. The van der Waals surface area contributed by atoms with Crippen LogP contribution < -0.4 is 0 Å². The molecule has 0 aromatic rings. The van der Waals surface area contributed by atoms with Gasteiger partial charge in [0.15, 0.2) is 5.79 Å². The summed E-state index contributed by atoms with van der Waals surface area (Å²) in [5, 5.41) is 32.7. The zero-order valence-corrected chi connectivity index (χ0v) is 9.10. The number of carboxylic acid groups (broad SMARTS) is 2. The summed E-state index contributed by atoms with van der Waals surface area (Å²) in [6, 6.07) is 0. The van der Waals surface area contributed by atoms with Crippen molar-refractivity contribution in [3.8, 4) is 0 Å². The molecule has 4 N–H and O–H groups in total. The molecular formula is C9H18O6. The normalized spacial score (nSPS) is 10.5. The Balaban J connectivity index is 0. The van der Waals surface area contributed by atoms with Gasteiger partial charge >= 0.3 is 11.9 Å². The molecule has 0 fully saturated rings. The summed E-state index contributed by atoms with van der Waals surface area (Å²) < 4.78 is 0. The molecule has 6 nitrogen and oxygen atoms in total. The third-order valence-electron chi connectivity index (χ3n) is 1.07. The summed E-state index contributed by atoms with van der Waals surface area (Å²) in [6.07, 6.45) is -0.368. The molecule has 0 saturated carbocycles. The number of carbonyl (C=O) groups is 2. The lowest BCUT2D eigenvalue weighted by atomic mass is 10.1. The third-order valence-corrected chi connectivity index (χ3v) is 1.07. The van der Waals surface area contributed by atoms with Gasteiger partial charge in [0, 0.05) is 6.42 Å². The van der Waals surface area contributed by atoms with Crippen molar-refractivity contribution in [1.82, 2.24) is 0 Å². The number of hydrogen-bond acceptors (Lipinski definition) is 4. The van der Waals surface area contributed by atoms with Crippen LogP contribution in [-0.4, -0.2) is 38.2 Å². The average Bonchev–Trinajstić information content (AvgIpc) is 1.76. The molecule has 0 aliphatic carbocycles. The van der Waals surface area contributed by atoms with E-state index >= 15 is 0 Å². The first-order valence-electron chi connectivity index (χ1n) is 4.43. The fourth-order valence-electron chi connectivity index (χ4n) is 0.636. The third kappa shape index (κ3) is 24.6. The van der Waals surface area contributed by atoms with Gasteiger partial charge in [-0.05, 0) is 12.8 Å². The molecule has 0 rings (SSSR count). The minimum absolute atomic E-state index is 0.275. The van der Waals surface area contributed by atoms with Gasteiger partial charge in [0.2, 0.25) is 0 Å². The van der Waals surface area contributed by atoms with Crippen LogP contribution in [0.3, 0.4) is 0 Å². The van der Waals surface area contributed by atoms with E-state index in [4.69, 9.17) is 20.4 Å². The molecule has 0 atom stereocenters. The molecule has 0 unspecified atom stereocenters. The number of aliphatic hydroxyl groups is 2. The maximum Gasteiger partial charge on any atom is 0.308 e. The summed E-state index contributed by atoms with van der Waals surface area (Å²) in [5.74, 6) is -3.74. The zero-order valence-electron chi connectivity index (χ0n) is 9.10. The second kappa shape index (κ2) is 7.19. The van der Waals surface area contributed by atoms with Gasteiger partial charge in [-0.3, -0.25) is 9.59 Å². The van der Waals surface area contributed by atoms with Crippen molar-refractivity contribution in [2.24, 2.45) is 5.92 Å². The van der Waals surface area contributed by atoms with Crippen LogP contribution in [0.25, 0.3) is 0 Å². The largest absolute Gasteiger partial charge is 0.481 e. The molecule has 0 aliphatic rings. The Morgan fingerprint density at radius 1 is 1.13 bits per heavy atom. The quantitative estimate of drug-likeness (QED) is 0.508. The maximum atomic E-state index is 9.81. The smallest absolute Gasteiger partial charge is 0.308 e. The van der Waals surface area contributed by atoms with E-state index in [1.165, 1.54) is 0 Å². The molecule has 90 valence electrons. The van der Waals surface area contributed by atoms with Gasteiger partial charge in [-0.1, -0.05) is 13.8 Å². The summed E-state index contributed by atoms with van der Waals surface area (Å²) in [5.41, 5.74) is 0. The molecule has 0 aliphatic heterocycles. The van der Waals surface area contributed by atoms with Gasteiger partial charge < -0.3 is 20.4 Å². The minimum Gasteiger partial charge on any atom is -0.481 e. The highest BCUT2D eigenvalue weighted by Crippen LogP contribution is 2.01. The highest BCUT2D eigenvalue weighted by molar-refractivity contribution is 5.67. The second-order valence-electron chi connectivity index (χ2n) is 3.78. The second-order valence-corrected chi connectivity index (χ2v) is 3.78. The van der Waals surface area contributed by atoms with Crippen molar-refractivity contribution >= 4 is 11.9 Å². The molecule has 6 heteroatoms. The highest BCUT2D eigenvalue weighted by atomic mass is 16.5. The van der Waals surface area contributed by atoms with Crippen molar-refractivity contribution in [1.29, 1.82) is 0 Å². The molecule has 0 aromatic carbocycles. The topological polar surface area (TPSA) is 115 Å². The molecule has 15 heavy (non-hydrogen) atoms. The van der Waals surface area contributed by atoms with Gasteiger partial charge in [-0.15, -0.1) is 0 Å². The van der Waals surface area contributed by atoms with Crippen molar-refractivity contribution < 1.29 is 30.0 Å². The Labute approximate surface area is 88.2 Å². The van der Waals surface area contributed by atoms with Crippen LogP contribution in [0, 0.1) is 5.92 Å². The lowest BCUT2D eigenvalue weighted by Crippen LogP contribution is -2.26. The molecule has 0 radical (unpaired) electrons. The van der Waals surface area contributed by atoms with E-state index in [0.717, 1.165) is 6.92 Å². The monoisotopic (exact) mass is 222 g/mol. The molecule has 0 bridgehead atoms. The van der Waals surface area contributed by atoms with Crippen molar-refractivity contribution in [3.05, 3.63) is 0 Å². The first kappa shape index (κ1) is 16.3. The van der Waals surface area contributed by atoms with E-state index in [2.05, 4.69) is 0 Å². The van der Waals surface area contributed by atoms with Crippen molar-refractivity contribution in [3.63, 3.8) is 0 Å². The van der Waals surface area contributed by atoms with Gasteiger partial charge in [0.05, 0.1) is 6.42 Å². The lowest BCUT2D eigenvalue weighted by Gasteiger charge is -2.10. The Morgan fingerprint density at radius 3 is 1.53 bits per heavy atom. The van der Waals surface area contributed by atoms with Gasteiger partial charge in [-0.2, -0.15) is 0 Å². The molecule has 0 amide bonds. The highest BCUT2D eigenvalue weighted by Gasteiger charge is 2.18. The SMILES string of the molecule is CC(C)CC(=O)O.CC(O)(O)CC(=O)O. The van der Waals surface area contributed by atoms with E-state index in [-0.39, 0.29) is 12.3 Å². The van der Waals surface area contributed by atoms with Crippen LogP contribution in [0.5, 0.6) is 0 Å². The van der Waals surface area contributed by atoms with E-state index in [0.29, 0.717) is 0 Å². The van der Waals surface area contributed by atoms with E-state index < -0.39 is 24.1 Å². The van der Waals surface area contributed by atoms with Gasteiger partial charge in [-0.25, -0.2) is 0 Å².